The molecule has 0 saturated carbocycles. The molecule has 0 amide bonds. The average Bonchev–Trinajstić information content (AvgIpc) is 0.923. The molecule has 0 rings (SSSR count). The molecule has 0 aliphatic carbocycles. The fourth-order valence-corrected chi connectivity index (χ4v) is 13.6. The van der Waals surface area contributed by atoms with Crippen molar-refractivity contribution in [3.63, 3.8) is 0 Å². The van der Waals surface area contributed by atoms with Crippen molar-refractivity contribution in [2.24, 2.45) is 17.8 Å². The lowest BCUT2D eigenvalue weighted by Gasteiger charge is -2.21. The molecule has 0 aliphatic rings. The second-order valence-corrected chi connectivity index (χ2v) is 32.7. The molecule has 3 N–H and O–H groups in total. The maximum absolute atomic E-state index is 13.1. The molecule has 0 saturated heterocycles. The fourth-order valence-electron chi connectivity index (χ4n) is 12.1. The van der Waals surface area contributed by atoms with E-state index in [0.717, 1.165) is 127 Å². The smallest absolute Gasteiger partial charge is 0.462 e. The number of aliphatic hydroxyl groups is 1. The maximum Gasteiger partial charge on any atom is 0.472 e. The summed E-state index contributed by atoms with van der Waals surface area (Å²) in [6.07, 6.45) is 63.2. The highest BCUT2D eigenvalue weighted by Gasteiger charge is 2.30. The minimum Gasteiger partial charge on any atom is -0.462 e. The summed E-state index contributed by atoms with van der Waals surface area (Å²) in [5.41, 5.74) is 0. The Kier molecular flexibility index (Phi) is 70.0. The van der Waals surface area contributed by atoms with Crippen LogP contribution in [0.1, 0.15) is 402 Å². The summed E-state index contributed by atoms with van der Waals surface area (Å²) in [6.45, 7) is 11.9. The van der Waals surface area contributed by atoms with Crippen LogP contribution in [0.3, 0.4) is 0 Å². The first-order chi connectivity index (χ1) is 48.8. The van der Waals surface area contributed by atoms with Crippen molar-refractivity contribution in [3.05, 3.63) is 24.3 Å². The third-order valence-corrected chi connectivity index (χ3v) is 21.1. The van der Waals surface area contributed by atoms with Gasteiger partial charge in [0.2, 0.25) is 0 Å². The molecule has 0 aromatic heterocycles. The van der Waals surface area contributed by atoms with Gasteiger partial charge in [-0.1, -0.05) is 349 Å². The largest absolute Gasteiger partial charge is 0.472 e. The van der Waals surface area contributed by atoms with E-state index in [1.807, 2.05) is 0 Å². The predicted molar refractivity (Wildman–Crippen MR) is 414 cm³/mol. The number of rotatable bonds is 78. The maximum atomic E-state index is 13.1. The monoisotopic (exact) mass is 1480 g/mol. The van der Waals surface area contributed by atoms with Gasteiger partial charge in [0.15, 0.2) is 12.2 Å². The molecular formula is C82H156O17P2. The molecule has 19 heteroatoms. The lowest BCUT2D eigenvalue weighted by molar-refractivity contribution is -0.161. The second kappa shape index (κ2) is 71.8. The van der Waals surface area contributed by atoms with Crippen molar-refractivity contribution >= 4 is 39.5 Å². The van der Waals surface area contributed by atoms with Gasteiger partial charge in [-0.2, -0.15) is 0 Å². The van der Waals surface area contributed by atoms with Crippen molar-refractivity contribution < 1.29 is 80.2 Å². The van der Waals surface area contributed by atoms with Gasteiger partial charge in [-0.25, -0.2) is 9.13 Å². The summed E-state index contributed by atoms with van der Waals surface area (Å²) in [5, 5.41) is 10.6. The van der Waals surface area contributed by atoms with Crippen LogP contribution in [-0.4, -0.2) is 96.7 Å². The van der Waals surface area contributed by atoms with Gasteiger partial charge in [0.25, 0.3) is 0 Å². The minimum atomic E-state index is -4.97. The highest BCUT2D eigenvalue weighted by atomic mass is 31.2. The number of ether oxygens (including phenoxy) is 4. The summed E-state index contributed by atoms with van der Waals surface area (Å²) in [7, 11) is -9.94. The van der Waals surface area contributed by atoms with Gasteiger partial charge < -0.3 is 33.8 Å². The average molecular weight is 1480 g/mol. The number of esters is 4. The molecule has 17 nitrogen and oxygen atoms in total. The van der Waals surface area contributed by atoms with Gasteiger partial charge in [0, 0.05) is 25.7 Å². The number of unbranched alkanes of at least 4 members (excludes halogenated alkanes) is 41. The molecular weight excluding hydrogens is 1320 g/mol. The van der Waals surface area contributed by atoms with E-state index >= 15 is 0 Å². The van der Waals surface area contributed by atoms with Crippen molar-refractivity contribution in [2.75, 3.05) is 39.6 Å². The van der Waals surface area contributed by atoms with E-state index < -0.39 is 97.5 Å². The summed E-state index contributed by atoms with van der Waals surface area (Å²) < 4.78 is 68.7. The number of aliphatic hydroxyl groups excluding tert-OH is 1. The molecule has 7 atom stereocenters. The number of carbonyl (C=O) groups excluding carboxylic acids is 4. The van der Waals surface area contributed by atoms with Crippen molar-refractivity contribution in [1.29, 1.82) is 0 Å². The van der Waals surface area contributed by atoms with E-state index in [1.54, 1.807) is 0 Å². The SMILES string of the molecule is CCCCCC/C=C\C=C/CCCCCCCC(=O)O[C@H](COC(=O)CCCCCCCCCCCCCCCCC(C)CC)COP(=O)(O)OC[C@@H](O)COP(=O)(O)OC[C@@H](COC(=O)CCCCCCCCC(C)CC)OC(=O)CCCCCCCCCCCCCCCCCC(C)C. The van der Waals surface area contributed by atoms with E-state index in [9.17, 15) is 43.2 Å². The summed E-state index contributed by atoms with van der Waals surface area (Å²) in [5.74, 6) is 0.237. The Hall–Kier alpha value is -2.46. The lowest BCUT2D eigenvalue weighted by atomic mass is 9.99. The van der Waals surface area contributed by atoms with E-state index in [0.29, 0.717) is 25.7 Å². The van der Waals surface area contributed by atoms with Crippen molar-refractivity contribution in [1.82, 2.24) is 0 Å². The van der Waals surface area contributed by atoms with Crippen LogP contribution in [0.4, 0.5) is 0 Å². The van der Waals surface area contributed by atoms with Crippen LogP contribution in [0.15, 0.2) is 24.3 Å². The van der Waals surface area contributed by atoms with E-state index in [1.165, 1.54) is 193 Å². The Bertz CT molecular complexity index is 2060. The Labute approximate surface area is 618 Å². The quantitative estimate of drug-likeness (QED) is 0.0169. The number of allylic oxidation sites excluding steroid dienone is 4. The number of phosphoric ester groups is 2. The minimum absolute atomic E-state index is 0.0851. The topological polar surface area (TPSA) is 237 Å². The molecule has 0 heterocycles. The first-order valence-corrected chi connectivity index (χ1v) is 44.7. The Morgan fingerprint density at radius 3 is 0.881 bits per heavy atom. The molecule has 0 bridgehead atoms. The molecule has 0 aromatic carbocycles. The van der Waals surface area contributed by atoms with Crippen LogP contribution >= 0.6 is 15.6 Å². The van der Waals surface area contributed by atoms with Gasteiger partial charge in [0.05, 0.1) is 26.4 Å². The third-order valence-electron chi connectivity index (χ3n) is 19.2. The van der Waals surface area contributed by atoms with Crippen LogP contribution in [0, 0.1) is 17.8 Å². The van der Waals surface area contributed by atoms with Crippen LogP contribution in [0.5, 0.6) is 0 Å². The zero-order valence-corrected chi connectivity index (χ0v) is 67.6. The molecule has 0 aromatic rings. The molecule has 101 heavy (non-hydrogen) atoms. The molecule has 0 fully saturated rings. The van der Waals surface area contributed by atoms with Gasteiger partial charge >= 0.3 is 39.5 Å². The predicted octanol–water partition coefficient (Wildman–Crippen LogP) is 24.1. The zero-order chi connectivity index (χ0) is 74.4. The highest BCUT2D eigenvalue weighted by molar-refractivity contribution is 7.47. The van der Waals surface area contributed by atoms with E-state index in [2.05, 4.69) is 72.8 Å². The van der Waals surface area contributed by atoms with Gasteiger partial charge in [0.1, 0.15) is 19.3 Å². The highest BCUT2D eigenvalue weighted by Crippen LogP contribution is 2.45. The van der Waals surface area contributed by atoms with E-state index in [4.69, 9.17) is 37.0 Å². The zero-order valence-electron chi connectivity index (χ0n) is 65.9. The molecule has 0 aliphatic heterocycles. The normalized spacial score (nSPS) is 14.6. The summed E-state index contributed by atoms with van der Waals surface area (Å²) in [4.78, 5) is 73.0. The van der Waals surface area contributed by atoms with Crippen LogP contribution < -0.4 is 0 Å². The third kappa shape index (κ3) is 72.9. The van der Waals surface area contributed by atoms with Gasteiger partial charge in [-0.3, -0.25) is 37.3 Å². The Morgan fingerprint density at radius 2 is 0.584 bits per heavy atom. The lowest BCUT2D eigenvalue weighted by Crippen LogP contribution is -2.30. The van der Waals surface area contributed by atoms with Crippen LogP contribution in [0.25, 0.3) is 0 Å². The van der Waals surface area contributed by atoms with Crippen molar-refractivity contribution in [2.45, 2.75) is 420 Å². The number of phosphoric acid groups is 2. The summed E-state index contributed by atoms with van der Waals surface area (Å²) in [6, 6.07) is 0. The summed E-state index contributed by atoms with van der Waals surface area (Å²) >= 11 is 0. The molecule has 0 spiro atoms. The number of hydrogen-bond donors (Lipinski definition) is 3. The van der Waals surface area contributed by atoms with Gasteiger partial charge in [-0.15, -0.1) is 0 Å². The second-order valence-electron chi connectivity index (χ2n) is 29.8. The van der Waals surface area contributed by atoms with E-state index in [-0.39, 0.29) is 25.7 Å². The Morgan fingerprint density at radius 1 is 0.327 bits per heavy atom. The first-order valence-electron chi connectivity index (χ1n) is 41.7. The Balaban J connectivity index is 5.27. The van der Waals surface area contributed by atoms with Gasteiger partial charge in [-0.05, 0) is 69.1 Å². The molecule has 0 radical (unpaired) electrons. The number of hydrogen-bond acceptors (Lipinski definition) is 15. The fraction of sp³-hybridized carbons (Fsp3) is 0.902. The van der Waals surface area contributed by atoms with Crippen molar-refractivity contribution in [3.8, 4) is 0 Å². The standard InChI is InChI=1S/C82H156O17P2/c1-8-11-12-13-14-15-16-17-19-27-32-37-42-51-58-65-81(86)98-77(69-92-79(84)63-56-49-41-36-31-26-23-22-25-30-35-40-47-54-61-74(6)9-2)71-96-100(88,89)94-67-76(83)68-95-101(90,91)97-72-78(70-93-80(85)64-57-50-45-44-48-55-62-75(7)10-3)99-82(87)66-59-52-43-38-33-28-21-18-20-24-29-34-39-46-53-60-73(4)5/h15-17,19,73-78,83H,8-14,18,20-72H2,1-7H3,(H,88,89)(H,90,91)/b16-15-,19-17-/t74?,75?,76-,77-,78-/m1/s1. The first kappa shape index (κ1) is 98.5. The number of carbonyl (C=O) groups is 4. The molecule has 4 unspecified atom stereocenters. The van der Waals surface area contributed by atoms with Crippen LogP contribution in [0.2, 0.25) is 0 Å². The van der Waals surface area contributed by atoms with Crippen LogP contribution in [-0.2, 0) is 65.4 Å². The molecule has 596 valence electrons.